The van der Waals surface area contributed by atoms with Crippen molar-refractivity contribution in [3.63, 3.8) is 0 Å². The summed E-state index contributed by atoms with van der Waals surface area (Å²) in [6, 6.07) is 5.48. The summed E-state index contributed by atoms with van der Waals surface area (Å²) in [5.41, 5.74) is 2.35. The van der Waals surface area contributed by atoms with Gasteiger partial charge in [0.05, 0.1) is 11.9 Å². The van der Waals surface area contributed by atoms with E-state index < -0.39 is 10.0 Å². The van der Waals surface area contributed by atoms with Gasteiger partial charge in [-0.05, 0) is 37.0 Å². The molecular weight excluding hydrogens is 276 g/mol. The second-order valence-corrected chi connectivity index (χ2v) is 6.99. The van der Waals surface area contributed by atoms with E-state index in [2.05, 4.69) is 5.32 Å². The molecule has 1 amide bonds. The van der Waals surface area contributed by atoms with Crippen molar-refractivity contribution in [3.05, 3.63) is 23.8 Å². The Balaban J connectivity index is 2.31. The summed E-state index contributed by atoms with van der Waals surface area (Å²) < 4.78 is 25.1. The number of rotatable bonds is 4. The van der Waals surface area contributed by atoms with Gasteiger partial charge in [-0.25, -0.2) is 8.42 Å². The maximum absolute atomic E-state index is 11.8. The minimum Gasteiger partial charge on any atom is -0.326 e. The summed E-state index contributed by atoms with van der Waals surface area (Å²) in [4.78, 5) is 11.6. The monoisotopic (exact) mass is 296 g/mol. The summed E-state index contributed by atoms with van der Waals surface area (Å²) >= 11 is 0. The van der Waals surface area contributed by atoms with Crippen LogP contribution in [0, 0.1) is 0 Å². The Morgan fingerprint density at radius 3 is 2.80 bits per heavy atom. The maximum atomic E-state index is 11.8. The van der Waals surface area contributed by atoms with Crippen LogP contribution in [0.2, 0.25) is 0 Å². The Labute approximate surface area is 120 Å². The van der Waals surface area contributed by atoms with E-state index in [0.29, 0.717) is 24.3 Å². The van der Waals surface area contributed by atoms with Crippen LogP contribution >= 0.6 is 0 Å². The van der Waals surface area contributed by atoms with Crippen molar-refractivity contribution in [3.8, 4) is 0 Å². The minimum atomic E-state index is -3.27. The Morgan fingerprint density at radius 2 is 2.15 bits per heavy atom. The molecule has 1 N–H and O–H groups in total. The number of sulfonamides is 1. The van der Waals surface area contributed by atoms with Gasteiger partial charge in [0.25, 0.3) is 0 Å². The molecule has 0 saturated carbocycles. The number of fused-ring (bicyclic) bond motifs is 1. The largest absolute Gasteiger partial charge is 0.326 e. The Hall–Kier alpha value is -1.56. The van der Waals surface area contributed by atoms with E-state index in [1.807, 2.05) is 19.1 Å². The van der Waals surface area contributed by atoms with E-state index >= 15 is 0 Å². The average Bonchev–Trinajstić information content (AvgIpc) is 2.37. The maximum Gasteiger partial charge on any atom is 0.232 e. The summed E-state index contributed by atoms with van der Waals surface area (Å²) in [6.07, 6.45) is 4.15. The van der Waals surface area contributed by atoms with E-state index in [-0.39, 0.29) is 5.91 Å². The van der Waals surface area contributed by atoms with Crippen molar-refractivity contribution >= 4 is 27.3 Å². The van der Waals surface area contributed by atoms with Gasteiger partial charge in [0.1, 0.15) is 0 Å². The first-order valence-electron chi connectivity index (χ1n) is 6.82. The highest BCUT2D eigenvalue weighted by Crippen LogP contribution is 2.31. The molecule has 0 aromatic heterocycles. The molecule has 0 radical (unpaired) electrons. The number of carbonyl (C=O) groups excluding carboxylic acids is 1. The molecular formula is C14H20N2O3S. The molecule has 1 aliphatic rings. The highest BCUT2D eigenvalue weighted by atomic mass is 32.2. The lowest BCUT2D eigenvalue weighted by Gasteiger charge is -2.29. The smallest absolute Gasteiger partial charge is 0.232 e. The highest BCUT2D eigenvalue weighted by Gasteiger charge is 2.24. The number of nitrogens with zero attached hydrogens (tertiary/aromatic N) is 1. The molecule has 0 saturated heterocycles. The summed E-state index contributed by atoms with van der Waals surface area (Å²) in [7, 11) is -3.27. The molecule has 2 rings (SSSR count). The predicted octanol–water partition coefficient (Wildman–Crippen LogP) is 2.14. The van der Waals surface area contributed by atoms with E-state index in [1.54, 1.807) is 6.07 Å². The summed E-state index contributed by atoms with van der Waals surface area (Å²) in [5, 5.41) is 2.80. The van der Waals surface area contributed by atoms with Crippen molar-refractivity contribution in [2.75, 3.05) is 22.4 Å². The number of carbonyl (C=O) groups is 1. The number of aryl methyl sites for hydroxylation is 1. The Kier molecular flexibility index (Phi) is 4.32. The number of anilines is 2. The number of nitrogens with one attached hydrogen (secondary N) is 1. The van der Waals surface area contributed by atoms with Crippen molar-refractivity contribution in [2.24, 2.45) is 0 Å². The van der Waals surface area contributed by atoms with E-state index in [0.717, 1.165) is 24.8 Å². The Bertz CT molecular complexity index is 611. The third-order valence-electron chi connectivity index (χ3n) is 3.32. The van der Waals surface area contributed by atoms with Crippen molar-refractivity contribution in [1.82, 2.24) is 0 Å². The number of hydrogen-bond acceptors (Lipinski definition) is 3. The fraction of sp³-hybridized carbons (Fsp3) is 0.500. The fourth-order valence-corrected chi connectivity index (χ4v) is 3.40. The highest BCUT2D eigenvalue weighted by molar-refractivity contribution is 7.92. The zero-order valence-corrected chi connectivity index (χ0v) is 12.7. The normalized spacial score (nSPS) is 14.8. The van der Waals surface area contributed by atoms with Gasteiger partial charge >= 0.3 is 0 Å². The van der Waals surface area contributed by atoms with Crippen LogP contribution in [0.25, 0.3) is 0 Å². The van der Waals surface area contributed by atoms with Crippen LogP contribution < -0.4 is 9.62 Å². The van der Waals surface area contributed by atoms with Gasteiger partial charge in [-0.1, -0.05) is 13.0 Å². The molecule has 0 bridgehead atoms. The van der Waals surface area contributed by atoms with Gasteiger partial charge in [-0.15, -0.1) is 0 Å². The van der Waals surface area contributed by atoms with Gasteiger partial charge < -0.3 is 5.32 Å². The topological polar surface area (TPSA) is 66.5 Å². The van der Waals surface area contributed by atoms with Crippen molar-refractivity contribution in [2.45, 2.75) is 32.6 Å². The molecule has 0 unspecified atom stereocenters. The van der Waals surface area contributed by atoms with Crippen LogP contribution in [-0.4, -0.2) is 27.1 Å². The number of amides is 1. The first-order valence-corrected chi connectivity index (χ1v) is 8.67. The van der Waals surface area contributed by atoms with E-state index in [1.165, 1.54) is 10.6 Å². The SMILES string of the molecule is CCCC(=O)Nc1ccc2c(c1)N(S(C)(=O)=O)CCC2. The van der Waals surface area contributed by atoms with Gasteiger partial charge in [-0.3, -0.25) is 9.10 Å². The standard InChI is InChI=1S/C14H20N2O3S/c1-3-5-14(17)15-12-8-7-11-6-4-9-16(13(11)10-12)20(2,18)19/h7-8,10H,3-6,9H2,1-2H3,(H,15,17). The fourth-order valence-electron chi connectivity index (χ4n) is 2.41. The lowest BCUT2D eigenvalue weighted by molar-refractivity contribution is -0.116. The summed E-state index contributed by atoms with van der Waals surface area (Å²) in [6.45, 7) is 2.44. The molecule has 0 aliphatic carbocycles. The molecule has 0 spiro atoms. The van der Waals surface area contributed by atoms with Crippen LogP contribution in [0.1, 0.15) is 31.7 Å². The second-order valence-electron chi connectivity index (χ2n) is 5.08. The van der Waals surface area contributed by atoms with Crippen LogP contribution in [-0.2, 0) is 21.2 Å². The second kappa shape index (κ2) is 5.83. The molecule has 1 aromatic rings. The van der Waals surface area contributed by atoms with E-state index in [9.17, 15) is 13.2 Å². The molecule has 5 nitrogen and oxygen atoms in total. The third-order valence-corrected chi connectivity index (χ3v) is 4.50. The van der Waals surface area contributed by atoms with Gasteiger partial charge in [0.15, 0.2) is 0 Å². The zero-order valence-electron chi connectivity index (χ0n) is 11.8. The van der Waals surface area contributed by atoms with Crippen LogP contribution in [0.15, 0.2) is 18.2 Å². The average molecular weight is 296 g/mol. The number of hydrogen-bond donors (Lipinski definition) is 1. The minimum absolute atomic E-state index is 0.0471. The molecule has 1 aromatic carbocycles. The third kappa shape index (κ3) is 3.30. The first kappa shape index (κ1) is 14.8. The molecule has 20 heavy (non-hydrogen) atoms. The molecule has 1 heterocycles. The lowest BCUT2D eigenvalue weighted by Crippen LogP contribution is -2.34. The number of benzene rings is 1. The van der Waals surface area contributed by atoms with Crippen LogP contribution in [0.5, 0.6) is 0 Å². The molecule has 0 atom stereocenters. The van der Waals surface area contributed by atoms with Crippen molar-refractivity contribution < 1.29 is 13.2 Å². The molecule has 1 aliphatic heterocycles. The van der Waals surface area contributed by atoms with Crippen LogP contribution in [0.4, 0.5) is 11.4 Å². The molecule has 0 fully saturated rings. The van der Waals surface area contributed by atoms with Gasteiger partial charge in [0, 0.05) is 18.7 Å². The van der Waals surface area contributed by atoms with E-state index in [4.69, 9.17) is 0 Å². The molecule has 6 heteroatoms. The molecule has 110 valence electrons. The van der Waals surface area contributed by atoms with Gasteiger partial charge in [0.2, 0.25) is 15.9 Å². The first-order chi connectivity index (χ1) is 9.41. The predicted molar refractivity (Wildman–Crippen MR) is 80.5 cm³/mol. The van der Waals surface area contributed by atoms with Crippen molar-refractivity contribution in [1.29, 1.82) is 0 Å². The Morgan fingerprint density at radius 1 is 1.40 bits per heavy atom. The zero-order chi connectivity index (χ0) is 14.8. The van der Waals surface area contributed by atoms with Crippen LogP contribution in [0.3, 0.4) is 0 Å². The van der Waals surface area contributed by atoms with Gasteiger partial charge in [-0.2, -0.15) is 0 Å². The lowest BCUT2D eigenvalue weighted by atomic mass is 10.0. The summed E-state index contributed by atoms with van der Waals surface area (Å²) in [5.74, 6) is -0.0471. The quantitative estimate of drug-likeness (QED) is 0.925.